The van der Waals surface area contributed by atoms with Crippen LogP contribution in [0.3, 0.4) is 0 Å². The molecule has 1 fully saturated rings. The number of aliphatic carboxylic acids is 1. The van der Waals surface area contributed by atoms with Gasteiger partial charge in [-0.3, -0.25) is 4.79 Å². The molecule has 0 aliphatic carbocycles. The van der Waals surface area contributed by atoms with Crippen LogP contribution in [0.25, 0.3) is 0 Å². The van der Waals surface area contributed by atoms with Crippen molar-refractivity contribution >= 4 is 23.0 Å². The number of hydrogen-bond donors (Lipinski definition) is 2. The van der Waals surface area contributed by atoms with E-state index in [9.17, 15) is 9.90 Å². The first-order chi connectivity index (χ1) is 15.5. The number of nitrogens with one attached hydrogen (secondary N) is 1. The normalized spacial score (nSPS) is 16.7. The number of carboxylic acid groups (broad SMARTS) is 1. The molecule has 0 aromatic heterocycles. The van der Waals surface area contributed by atoms with Crippen LogP contribution in [0.5, 0.6) is 0 Å². The third kappa shape index (κ3) is 6.00. The van der Waals surface area contributed by atoms with Gasteiger partial charge in [-0.1, -0.05) is 6.07 Å². The van der Waals surface area contributed by atoms with Gasteiger partial charge in [0.15, 0.2) is 0 Å². The highest BCUT2D eigenvalue weighted by molar-refractivity contribution is 5.77. The summed E-state index contributed by atoms with van der Waals surface area (Å²) < 4.78 is 11.0. The number of rotatable bonds is 10. The molecule has 0 spiro atoms. The van der Waals surface area contributed by atoms with Crippen molar-refractivity contribution in [3.05, 3.63) is 53.6 Å². The van der Waals surface area contributed by atoms with Gasteiger partial charge in [-0.05, 0) is 61.7 Å². The number of carboxylic acids is 1. The van der Waals surface area contributed by atoms with Gasteiger partial charge in [-0.25, -0.2) is 0 Å². The molecule has 2 aromatic carbocycles. The summed E-state index contributed by atoms with van der Waals surface area (Å²) in [6.07, 6.45) is 2.10. The number of ether oxygens (including phenoxy) is 2. The minimum absolute atomic E-state index is 0.00253. The van der Waals surface area contributed by atoms with E-state index < -0.39 is 5.97 Å². The third-order valence-electron chi connectivity index (χ3n) is 5.80. The number of carbonyl (C=O) groups is 1. The number of nitriles is 1. The van der Waals surface area contributed by atoms with Crippen LogP contribution in [-0.2, 0) is 14.3 Å². The topological polar surface area (TPSA) is 94.8 Å². The van der Waals surface area contributed by atoms with E-state index in [1.165, 1.54) is 0 Å². The Balaban J connectivity index is 1.99. The minimum atomic E-state index is -0.854. The molecular formula is C25H31N3O4. The fourth-order valence-corrected chi connectivity index (χ4v) is 4.22. The van der Waals surface area contributed by atoms with E-state index in [1.807, 2.05) is 24.3 Å². The molecule has 0 amide bonds. The highest BCUT2D eigenvalue weighted by Gasteiger charge is 2.24. The largest absolute Gasteiger partial charge is 0.481 e. The van der Waals surface area contributed by atoms with Crippen molar-refractivity contribution in [1.29, 1.82) is 5.26 Å². The van der Waals surface area contributed by atoms with Crippen molar-refractivity contribution in [2.45, 2.75) is 38.1 Å². The van der Waals surface area contributed by atoms with Gasteiger partial charge in [0, 0.05) is 31.9 Å². The maximum absolute atomic E-state index is 11.4. The molecule has 32 heavy (non-hydrogen) atoms. The standard InChI is InChI=1S/C25H31N3O4/c1-3-28(22-5-4-12-32-17-22)24-11-8-19(20(16-31-2)14-25(29)30)13-23(24)27-21-9-6-18(15-26)7-10-21/h6-11,13,20,22,27H,3-5,12,14,16-17H2,1-2H3,(H,29,30). The summed E-state index contributed by atoms with van der Waals surface area (Å²) in [6, 6.07) is 15.8. The average Bonchev–Trinajstić information content (AvgIpc) is 2.81. The lowest BCUT2D eigenvalue weighted by molar-refractivity contribution is -0.137. The Labute approximate surface area is 189 Å². The van der Waals surface area contributed by atoms with Crippen molar-refractivity contribution in [3.63, 3.8) is 0 Å². The molecule has 0 saturated carbocycles. The van der Waals surface area contributed by atoms with E-state index in [-0.39, 0.29) is 18.4 Å². The molecule has 0 bridgehead atoms. The predicted octanol–water partition coefficient (Wildman–Crippen LogP) is 4.51. The summed E-state index contributed by atoms with van der Waals surface area (Å²) in [7, 11) is 1.58. The fraction of sp³-hybridized carbons (Fsp3) is 0.440. The van der Waals surface area contributed by atoms with Gasteiger partial charge in [0.2, 0.25) is 0 Å². The van der Waals surface area contributed by atoms with Crippen LogP contribution in [0.15, 0.2) is 42.5 Å². The number of hydrogen-bond acceptors (Lipinski definition) is 6. The Kier molecular flexibility index (Phi) is 8.48. The maximum Gasteiger partial charge on any atom is 0.304 e. The zero-order valence-corrected chi connectivity index (χ0v) is 18.7. The number of nitrogens with zero attached hydrogens (tertiary/aromatic N) is 2. The molecule has 2 unspecified atom stereocenters. The van der Waals surface area contributed by atoms with Crippen molar-refractivity contribution in [2.24, 2.45) is 0 Å². The molecule has 7 nitrogen and oxygen atoms in total. The molecule has 1 aliphatic heterocycles. The van der Waals surface area contributed by atoms with Gasteiger partial charge in [-0.15, -0.1) is 0 Å². The van der Waals surface area contributed by atoms with Gasteiger partial charge in [0.05, 0.1) is 48.7 Å². The summed E-state index contributed by atoms with van der Waals surface area (Å²) in [5.41, 5.74) is 4.30. The van der Waals surface area contributed by atoms with Crippen molar-refractivity contribution in [3.8, 4) is 6.07 Å². The molecule has 0 radical (unpaired) electrons. The first kappa shape index (κ1) is 23.6. The van der Waals surface area contributed by atoms with Crippen LogP contribution in [0.2, 0.25) is 0 Å². The first-order valence-corrected chi connectivity index (χ1v) is 11.0. The zero-order valence-electron chi connectivity index (χ0n) is 18.7. The van der Waals surface area contributed by atoms with Crippen LogP contribution in [0.4, 0.5) is 17.1 Å². The van der Waals surface area contributed by atoms with E-state index in [0.29, 0.717) is 18.8 Å². The van der Waals surface area contributed by atoms with E-state index in [4.69, 9.17) is 14.7 Å². The average molecular weight is 438 g/mol. The van der Waals surface area contributed by atoms with E-state index in [0.717, 1.165) is 48.6 Å². The van der Waals surface area contributed by atoms with Gasteiger partial charge in [0.25, 0.3) is 0 Å². The first-order valence-electron chi connectivity index (χ1n) is 11.0. The molecule has 2 aromatic rings. The second kappa shape index (κ2) is 11.5. The molecule has 2 atom stereocenters. The lowest BCUT2D eigenvalue weighted by Gasteiger charge is -2.36. The van der Waals surface area contributed by atoms with Crippen LogP contribution in [0, 0.1) is 11.3 Å². The van der Waals surface area contributed by atoms with Crippen LogP contribution in [0.1, 0.15) is 43.2 Å². The Morgan fingerprint density at radius 1 is 1.34 bits per heavy atom. The molecular weight excluding hydrogens is 406 g/mol. The summed E-state index contributed by atoms with van der Waals surface area (Å²) >= 11 is 0. The van der Waals surface area contributed by atoms with Gasteiger partial charge in [-0.2, -0.15) is 5.26 Å². The molecule has 3 rings (SSSR count). The highest BCUT2D eigenvalue weighted by Crippen LogP contribution is 2.35. The third-order valence-corrected chi connectivity index (χ3v) is 5.80. The summed E-state index contributed by atoms with van der Waals surface area (Å²) in [4.78, 5) is 13.7. The molecule has 170 valence electrons. The number of anilines is 3. The monoisotopic (exact) mass is 437 g/mol. The van der Waals surface area contributed by atoms with Crippen LogP contribution in [-0.4, -0.2) is 50.6 Å². The fourth-order valence-electron chi connectivity index (χ4n) is 4.22. The van der Waals surface area contributed by atoms with Crippen molar-refractivity contribution < 1.29 is 19.4 Å². The minimum Gasteiger partial charge on any atom is -0.481 e. The predicted molar refractivity (Wildman–Crippen MR) is 125 cm³/mol. The summed E-state index contributed by atoms with van der Waals surface area (Å²) in [5.74, 6) is -1.10. The molecule has 1 saturated heterocycles. The van der Waals surface area contributed by atoms with Crippen LogP contribution < -0.4 is 10.2 Å². The van der Waals surface area contributed by atoms with Crippen LogP contribution >= 0.6 is 0 Å². The van der Waals surface area contributed by atoms with E-state index >= 15 is 0 Å². The maximum atomic E-state index is 11.4. The molecule has 1 aliphatic rings. The lowest BCUT2D eigenvalue weighted by Crippen LogP contribution is -2.41. The quantitative estimate of drug-likeness (QED) is 0.565. The lowest BCUT2D eigenvalue weighted by atomic mass is 9.95. The second-order valence-corrected chi connectivity index (χ2v) is 8.00. The van der Waals surface area contributed by atoms with E-state index in [2.05, 4.69) is 29.3 Å². The van der Waals surface area contributed by atoms with Gasteiger partial charge < -0.3 is 24.8 Å². The van der Waals surface area contributed by atoms with Gasteiger partial charge in [0.1, 0.15) is 0 Å². The zero-order chi connectivity index (χ0) is 22.9. The molecule has 1 heterocycles. The summed E-state index contributed by atoms with van der Waals surface area (Å²) in [5, 5.41) is 21.9. The number of methoxy groups -OCH3 is 1. The molecule has 2 N–H and O–H groups in total. The highest BCUT2D eigenvalue weighted by atomic mass is 16.5. The Hall–Kier alpha value is -3.08. The second-order valence-electron chi connectivity index (χ2n) is 8.00. The van der Waals surface area contributed by atoms with E-state index in [1.54, 1.807) is 19.2 Å². The molecule has 7 heteroatoms. The smallest absolute Gasteiger partial charge is 0.304 e. The number of benzene rings is 2. The Bertz CT molecular complexity index is 933. The van der Waals surface area contributed by atoms with Gasteiger partial charge >= 0.3 is 5.97 Å². The SMILES string of the molecule is CCN(c1ccc(C(COC)CC(=O)O)cc1Nc1ccc(C#N)cc1)C1CCCOC1. The Morgan fingerprint density at radius 3 is 2.72 bits per heavy atom. The number of likely N-dealkylation sites (N-methyl/N-ethyl adjacent to an activating group) is 1. The Morgan fingerprint density at radius 2 is 2.12 bits per heavy atom. The summed E-state index contributed by atoms with van der Waals surface area (Å²) in [6.45, 7) is 4.78. The van der Waals surface area contributed by atoms with Crippen molar-refractivity contribution in [1.82, 2.24) is 0 Å². The van der Waals surface area contributed by atoms with Crippen molar-refractivity contribution in [2.75, 3.05) is 43.7 Å².